The summed E-state index contributed by atoms with van der Waals surface area (Å²) in [7, 11) is -3.56. The van der Waals surface area contributed by atoms with Crippen LogP contribution in [0.4, 0.5) is 5.69 Å². The third-order valence-electron chi connectivity index (χ3n) is 3.42. The van der Waals surface area contributed by atoms with Gasteiger partial charge in [-0.15, -0.1) is 0 Å². The standard InChI is InChI=1S/C17H22N2O5S/c1-3-23-16-9-5-4-8-15(16)19(25(2,21)22)11-10-17(20)18-13-14-7-6-12-24-14/h4-9,12H,3,10-11,13H2,1-2H3,(H,18,20). The van der Waals surface area contributed by atoms with Gasteiger partial charge < -0.3 is 14.5 Å². The number of furan rings is 1. The van der Waals surface area contributed by atoms with Crippen molar-refractivity contribution in [2.24, 2.45) is 0 Å². The molecule has 1 amide bonds. The maximum absolute atomic E-state index is 12.2. The lowest BCUT2D eigenvalue weighted by Crippen LogP contribution is -2.34. The van der Waals surface area contributed by atoms with Crippen molar-refractivity contribution in [2.45, 2.75) is 19.9 Å². The van der Waals surface area contributed by atoms with Gasteiger partial charge in [0.1, 0.15) is 11.5 Å². The first-order valence-corrected chi connectivity index (χ1v) is 9.75. The molecular weight excluding hydrogens is 344 g/mol. The highest BCUT2D eigenvalue weighted by atomic mass is 32.2. The van der Waals surface area contributed by atoms with E-state index in [1.54, 1.807) is 36.4 Å². The number of benzene rings is 1. The van der Waals surface area contributed by atoms with Crippen LogP contribution in [0.3, 0.4) is 0 Å². The van der Waals surface area contributed by atoms with Crippen molar-refractivity contribution in [3.05, 3.63) is 48.4 Å². The first-order chi connectivity index (χ1) is 11.9. The third kappa shape index (κ3) is 5.53. The van der Waals surface area contributed by atoms with E-state index in [0.29, 0.717) is 23.8 Å². The summed E-state index contributed by atoms with van der Waals surface area (Å²) in [6.07, 6.45) is 2.66. The molecule has 0 spiro atoms. The maximum atomic E-state index is 12.2. The lowest BCUT2D eigenvalue weighted by atomic mass is 10.2. The molecule has 7 nitrogen and oxygen atoms in total. The van der Waals surface area contributed by atoms with Crippen molar-refractivity contribution in [3.63, 3.8) is 0 Å². The first-order valence-electron chi connectivity index (χ1n) is 7.90. The highest BCUT2D eigenvalue weighted by Gasteiger charge is 2.21. The SMILES string of the molecule is CCOc1ccccc1N(CCC(=O)NCc1ccco1)S(C)(=O)=O. The van der Waals surface area contributed by atoms with Gasteiger partial charge in [-0.2, -0.15) is 0 Å². The van der Waals surface area contributed by atoms with Gasteiger partial charge in [0, 0.05) is 13.0 Å². The number of ether oxygens (including phenoxy) is 1. The van der Waals surface area contributed by atoms with Gasteiger partial charge in [0.15, 0.2) is 0 Å². The van der Waals surface area contributed by atoms with Crippen LogP contribution in [0.1, 0.15) is 19.1 Å². The molecule has 0 bridgehead atoms. The Bertz CT molecular complexity index is 787. The summed E-state index contributed by atoms with van der Waals surface area (Å²) in [5.41, 5.74) is 0.422. The fourth-order valence-electron chi connectivity index (χ4n) is 2.30. The van der Waals surface area contributed by atoms with E-state index in [4.69, 9.17) is 9.15 Å². The zero-order chi connectivity index (χ0) is 18.3. The molecule has 1 heterocycles. The largest absolute Gasteiger partial charge is 0.492 e. The smallest absolute Gasteiger partial charge is 0.232 e. The minimum Gasteiger partial charge on any atom is -0.492 e. The molecule has 1 aromatic heterocycles. The highest BCUT2D eigenvalue weighted by Crippen LogP contribution is 2.29. The molecule has 0 aliphatic rings. The van der Waals surface area contributed by atoms with Crippen molar-refractivity contribution in [3.8, 4) is 5.75 Å². The minimum absolute atomic E-state index is 0.0207. The van der Waals surface area contributed by atoms with E-state index in [1.807, 2.05) is 6.92 Å². The van der Waals surface area contributed by atoms with Crippen molar-refractivity contribution < 1.29 is 22.4 Å². The number of para-hydroxylation sites is 2. The second kappa shape index (κ2) is 8.57. The van der Waals surface area contributed by atoms with E-state index < -0.39 is 10.0 Å². The number of carbonyl (C=O) groups excluding carboxylic acids is 1. The molecule has 136 valence electrons. The molecule has 0 aliphatic carbocycles. The zero-order valence-corrected chi connectivity index (χ0v) is 15.1. The van der Waals surface area contributed by atoms with E-state index in [9.17, 15) is 13.2 Å². The van der Waals surface area contributed by atoms with Crippen LogP contribution in [0.5, 0.6) is 5.75 Å². The van der Waals surface area contributed by atoms with Crippen LogP contribution in [-0.2, 0) is 21.4 Å². The second-order valence-electron chi connectivity index (χ2n) is 5.34. The minimum atomic E-state index is -3.56. The quantitative estimate of drug-likeness (QED) is 0.734. The zero-order valence-electron chi connectivity index (χ0n) is 14.3. The van der Waals surface area contributed by atoms with Crippen molar-refractivity contribution in [1.29, 1.82) is 0 Å². The lowest BCUT2D eigenvalue weighted by molar-refractivity contribution is -0.121. The number of nitrogens with one attached hydrogen (secondary N) is 1. The number of carbonyl (C=O) groups is 1. The Hall–Kier alpha value is -2.48. The van der Waals surface area contributed by atoms with Crippen molar-refractivity contribution in [2.75, 3.05) is 23.7 Å². The summed E-state index contributed by atoms with van der Waals surface area (Å²) in [6.45, 7) is 2.52. The van der Waals surface area contributed by atoms with Gasteiger partial charge in [-0.25, -0.2) is 8.42 Å². The molecule has 1 aromatic carbocycles. The fourth-order valence-corrected chi connectivity index (χ4v) is 3.23. The number of rotatable bonds is 9. The Labute approximate surface area is 147 Å². The summed E-state index contributed by atoms with van der Waals surface area (Å²) in [5, 5.41) is 2.70. The topological polar surface area (TPSA) is 88.8 Å². The normalized spacial score (nSPS) is 11.1. The summed E-state index contributed by atoms with van der Waals surface area (Å²) in [6, 6.07) is 10.3. The Kier molecular flexibility index (Phi) is 6.46. The predicted molar refractivity (Wildman–Crippen MR) is 95.0 cm³/mol. The van der Waals surface area contributed by atoms with Crippen LogP contribution >= 0.6 is 0 Å². The molecule has 25 heavy (non-hydrogen) atoms. The van der Waals surface area contributed by atoms with Gasteiger partial charge in [0.2, 0.25) is 15.9 Å². The maximum Gasteiger partial charge on any atom is 0.232 e. The van der Waals surface area contributed by atoms with Gasteiger partial charge in [0.05, 0.1) is 31.4 Å². The fraction of sp³-hybridized carbons (Fsp3) is 0.353. The number of anilines is 1. The molecule has 0 fully saturated rings. The van der Waals surface area contributed by atoms with Crippen LogP contribution < -0.4 is 14.4 Å². The number of hydrogen-bond donors (Lipinski definition) is 1. The van der Waals surface area contributed by atoms with E-state index in [-0.39, 0.29) is 25.4 Å². The van der Waals surface area contributed by atoms with Crippen molar-refractivity contribution >= 4 is 21.6 Å². The van der Waals surface area contributed by atoms with Crippen LogP contribution in [0.25, 0.3) is 0 Å². The van der Waals surface area contributed by atoms with E-state index in [1.165, 1.54) is 10.6 Å². The molecule has 2 rings (SSSR count). The molecule has 0 saturated carbocycles. The Morgan fingerprint density at radius 1 is 1.24 bits per heavy atom. The summed E-state index contributed by atoms with van der Waals surface area (Å²) in [5.74, 6) is 0.834. The van der Waals surface area contributed by atoms with Gasteiger partial charge >= 0.3 is 0 Å². The monoisotopic (exact) mass is 366 g/mol. The van der Waals surface area contributed by atoms with E-state index in [0.717, 1.165) is 6.26 Å². The number of amides is 1. The molecule has 0 atom stereocenters. The van der Waals surface area contributed by atoms with Gasteiger partial charge in [-0.3, -0.25) is 9.10 Å². The Morgan fingerprint density at radius 3 is 2.64 bits per heavy atom. The molecule has 8 heteroatoms. The lowest BCUT2D eigenvalue weighted by Gasteiger charge is -2.24. The summed E-state index contributed by atoms with van der Waals surface area (Å²) in [4.78, 5) is 12.0. The van der Waals surface area contributed by atoms with Crippen LogP contribution in [0.2, 0.25) is 0 Å². The molecular formula is C17H22N2O5S. The Balaban J connectivity index is 2.05. The van der Waals surface area contributed by atoms with Gasteiger partial charge in [-0.1, -0.05) is 12.1 Å². The summed E-state index contributed by atoms with van der Waals surface area (Å²) >= 11 is 0. The Morgan fingerprint density at radius 2 is 2.00 bits per heavy atom. The molecule has 0 unspecified atom stereocenters. The molecule has 1 N–H and O–H groups in total. The van der Waals surface area contributed by atoms with Crippen LogP contribution in [0.15, 0.2) is 47.1 Å². The van der Waals surface area contributed by atoms with E-state index in [2.05, 4.69) is 5.32 Å². The highest BCUT2D eigenvalue weighted by molar-refractivity contribution is 7.92. The predicted octanol–water partition coefficient (Wildman–Crippen LogP) is 2.15. The van der Waals surface area contributed by atoms with Gasteiger partial charge in [0.25, 0.3) is 0 Å². The number of sulfonamides is 1. The average molecular weight is 366 g/mol. The van der Waals surface area contributed by atoms with Crippen LogP contribution in [-0.4, -0.2) is 33.7 Å². The second-order valence-corrected chi connectivity index (χ2v) is 7.25. The first kappa shape index (κ1) is 18.9. The third-order valence-corrected chi connectivity index (χ3v) is 4.60. The molecule has 2 aromatic rings. The van der Waals surface area contributed by atoms with Crippen molar-refractivity contribution in [1.82, 2.24) is 5.32 Å². The van der Waals surface area contributed by atoms with Gasteiger partial charge in [-0.05, 0) is 31.2 Å². The molecule has 0 radical (unpaired) electrons. The summed E-state index contributed by atoms with van der Waals surface area (Å²) < 4.78 is 36.2. The average Bonchev–Trinajstić information content (AvgIpc) is 3.07. The number of hydrogen-bond acceptors (Lipinski definition) is 5. The van der Waals surface area contributed by atoms with E-state index >= 15 is 0 Å². The van der Waals surface area contributed by atoms with Crippen LogP contribution in [0, 0.1) is 0 Å². The molecule has 0 saturated heterocycles. The molecule has 0 aliphatic heterocycles. The number of nitrogens with zero attached hydrogens (tertiary/aromatic N) is 1.